The molecule has 7 heteroatoms. The van der Waals surface area contributed by atoms with Gasteiger partial charge in [-0.2, -0.15) is 10.1 Å². The lowest BCUT2D eigenvalue weighted by Gasteiger charge is -2.23. The van der Waals surface area contributed by atoms with Crippen molar-refractivity contribution < 1.29 is 19.1 Å². The lowest BCUT2D eigenvalue weighted by atomic mass is 9.92. The van der Waals surface area contributed by atoms with E-state index in [1.54, 1.807) is 19.2 Å². The highest BCUT2D eigenvalue weighted by Gasteiger charge is 2.35. The summed E-state index contributed by atoms with van der Waals surface area (Å²) in [5.41, 5.74) is 5.07. The van der Waals surface area contributed by atoms with E-state index in [9.17, 15) is 9.59 Å². The van der Waals surface area contributed by atoms with Crippen molar-refractivity contribution in [3.63, 3.8) is 0 Å². The Morgan fingerprint density at radius 2 is 1.58 bits per heavy atom. The van der Waals surface area contributed by atoms with Crippen molar-refractivity contribution >= 4 is 44.7 Å². The number of rotatable bonds is 6. The molecule has 2 amide bonds. The van der Waals surface area contributed by atoms with Gasteiger partial charge in [0.1, 0.15) is 6.61 Å². The van der Waals surface area contributed by atoms with Gasteiger partial charge in [0.2, 0.25) is 0 Å². The maximum Gasteiger partial charge on any atom is 0.282 e. The maximum absolute atomic E-state index is 13.3. The number of aryl methyl sites for hydroxylation is 2. The highest BCUT2D eigenvalue weighted by Crippen LogP contribution is 2.39. The van der Waals surface area contributed by atoms with Gasteiger partial charge in [0.25, 0.3) is 11.8 Å². The topological polar surface area (TPSA) is 68.2 Å². The zero-order chi connectivity index (χ0) is 24.8. The Balaban J connectivity index is 1.30. The molecule has 0 spiro atoms. The van der Waals surface area contributed by atoms with Gasteiger partial charge in [-0.25, -0.2) is 0 Å². The van der Waals surface area contributed by atoms with E-state index in [1.807, 2.05) is 54.6 Å². The first-order valence-electron chi connectivity index (χ1n) is 11.6. The van der Waals surface area contributed by atoms with Gasteiger partial charge in [0.05, 0.1) is 28.9 Å². The van der Waals surface area contributed by atoms with Crippen LogP contribution in [-0.2, 0) is 19.4 Å². The van der Waals surface area contributed by atoms with Gasteiger partial charge in [0, 0.05) is 5.39 Å². The number of nitrogens with zero attached hydrogens (tertiary/aromatic N) is 2. The molecule has 0 bridgehead atoms. The highest BCUT2D eigenvalue weighted by atomic mass is 79.9. The molecule has 0 N–H and O–H groups in total. The molecule has 2 aliphatic rings. The van der Waals surface area contributed by atoms with E-state index < -0.39 is 11.8 Å². The molecule has 0 radical (unpaired) electrons. The van der Waals surface area contributed by atoms with E-state index in [-0.39, 0.29) is 0 Å². The number of halogens is 1. The number of amides is 2. The second kappa shape index (κ2) is 8.91. The van der Waals surface area contributed by atoms with Gasteiger partial charge in [0.15, 0.2) is 11.5 Å². The van der Waals surface area contributed by atoms with Crippen molar-refractivity contribution in [2.24, 2.45) is 5.10 Å². The van der Waals surface area contributed by atoms with E-state index in [2.05, 4.69) is 21.0 Å². The summed E-state index contributed by atoms with van der Waals surface area (Å²) in [6.45, 7) is 0.383. The van der Waals surface area contributed by atoms with Gasteiger partial charge in [-0.3, -0.25) is 9.59 Å². The van der Waals surface area contributed by atoms with Crippen molar-refractivity contribution in [3.8, 4) is 11.5 Å². The lowest BCUT2D eigenvalue weighted by Crippen LogP contribution is -2.36. The van der Waals surface area contributed by atoms with Crippen LogP contribution in [0.5, 0.6) is 11.5 Å². The normalized spacial score (nSPS) is 14.2. The van der Waals surface area contributed by atoms with Crippen LogP contribution < -0.4 is 9.47 Å². The summed E-state index contributed by atoms with van der Waals surface area (Å²) >= 11 is 3.55. The van der Waals surface area contributed by atoms with Crippen molar-refractivity contribution in [2.45, 2.75) is 19.4 Å². The lowest BCUT2D eigenvalue weighted by molar-refractivity contribution is 0.0616. The molecule has 0 fully saturated rings. The standard InChI is InChI=1S/C29H21BrN2O4/c1-35-24-14-18(13-23(30)27(24)36-16-17-5-3-2-4-6-17)15-31-32-28(33)21-11-9-19-7-8-20-10-12-22(29(32)34)26(21)25(19)20/h2-6,9-15H,7-8,16H2,1H3. The summed E-state index contributed by atoms with van der Waals surface area (Å²) in [7, 11) is 1.56. The molecule has 6 nitrogen and oxygen atoms in total. The van der Waals surface area contributed by atoms with Gasteiger partial charge in [-0.05, 0) is 80.7 Å². The van der Waals surface area contributed by atoms with Crippen LogP contribution in [0, 0.1) is 0 Å². The first-order valence-corrected chi connectivity index (χ1v) is 12.4. The fourth-order valence-electron chi connectivity index (χ4n) is 4.92. The van der Waals surface area contributed by atoms with E-state index in [4.69, 9.17) is 9.47 Å². The summed E-state index contributed by atoms with van der Waals surface area (Å²) in [5, 5.41) is 7.04. The van der Waals surface area contributed by atoms with Crippen LogP contribution in [0.2, 0.25) is 0 Å². The summed E-state index contributed by atoms with van der Waals surface area (Å²) in [6, 6.07) is 21.0. The molecule has 36 heavy (non-hydrogen) atoms. The first-order chi connectivity index (χ1) is 17.5. The average Bonchev–Trinajstić information content (AvgIpc) is 3.33. The minimum atomic E-state index is -0.423. The van der Waals surface area contributed by atoms with Crippen LogP contribution in [0.25, 0.3) is 10.8 Å². The Hall–Kier alpha value is -3.97. The van der Waals surface area contributed by atoms with Crippen molar-refractivity contribution in [3.05, 3.63) is 105 Å². The Morgan fingerprint density at radius 3 is 2.22 bits per heavy atom. The van der Waals surface area contributed by atoms with Gasteiger partial charge < -0.3 is 9.47 Å². The predicted molar refractivity (Wildman–Crippen MR) is 141 cm³/mol. The Kier molecular flexibility index (Phi) is 5.57. The van der Waals surface area contributed by atoms with Crippen molar-refractivity contribution in [2.75, 3.05) is 7.11 Å². The van der Waals surface area contributed by atoms with Crippen molar-refractivity contribution in [1.82, 2.24) is 5.01 Å². The van der Waals surface area contributed by atoms with Gasteiger partial charge in [-0.1, -0.05) is 42.5 Å². The molecular weight excluding hydrogens is 520 g/mol. The maximum atomic E-state index is 13.3. The number of hydrogen-bond donors (Lipinski definition) is 0. The van der Waals surface area contributed by atoms with Crippen LogP contribution >= 0.6 is 15.9 Å². The summed E-state index contributed by atoms with van der Waals surface area (Å²) in [5.74, 6) is 0.217. The largest absolute Gasteiger partial charge is 0.493 e. The Bertz CT molecular complexity index is 1520. The number of carbonyl (C=O) groups is 2. The van der Waals surface area contributed by atoms with Gasteiger partial charge >= 0.3 is 0 Å². The fraction of sp³-hybridized carbons (Fsp3) is 0.138. The zero-order valence-corrected chi connectivity index (χ0v) is 21.0. The SMILES string of the molecule is COc1cc(C=NN2C(=O)c3ccc4c5c(ccc(c35)C2=O)CC4)cc(Br)c1OCc1ccccc1. The molecule has 0 atom stereocenters. The molecule has 1 aliphatic carbocycles. The summed E-state index contributed by atoms with van der Waals surface area (Å²) < 4.78 is 12.2. The number of hydrazone groups is 1. The predicted octanol–water partition coefficient (Wildman–Crippen LogP) is 5.92. The minimum absolute atomic E-state index is 0.383. The van der Waals surface area contributed by atoms with Crippen molar-refractivity contribution in [1.29, 1.82) is 0 Å². The Labute approximate surface area is 216 Å². The van der Waals surface area contributed by atoms with Crippen LogP contribution in [0.1, 0.15) is 43.0 Å². The van der Waals surface area contributed by atoms with Crippen LogP contribution in [0.4, 0.5) is 0 Å². The van der Waals surface area contributed by atoms with E-state index in [0.29, 0.717) is 39.3 Å². The smallest absolute Gasteiger partial charge is 0.282 e. The molecule has 4 aromatic carbocycles. The molecule has 0 saturated carbocycles. The molecule has 0 aromatic heterocycles. The molecule has 178 valence electrons. The monoisotopic (exact) mass is 540 g/mol. The second-order valence-corrected chi connectivity index (χ2v) is 9.62. The number of carbonyl (C=O) groups excluding carboxylic acids is 2. The zero-order valence-electron chi connectivity index (χ0n) is 19.5. The van der Waals surface area contributed by atoms with Crippen LogP contribution in [0.3, 0.4) is 0 Å². The molecule has 0 saturated heterocycles. The third kappa shape index (κ3) is 3.67. The van der Waals surface area contributed by atoms with E-state index in [1.165, 1.54) is 17.3 Å². The molecule has 4 aromatic rings. The summed E-state index contributed by atoms with van der Waals surface area (Å²) in [6.07, 6.45) is 3.34. The summed E-state index contributed by atoms with van der Waals surface area (Å²) in [4.78, 5) is 26.6. The molecular formula is C29H21BrN2O4. The van der Waals surface area contributed by atoms with E-state index in [0.717, 1.165) is 34.2 Å². The second-order valence-electron chi connectivity index (χ2n) is 8.77. The van der Waals surface area contributed by atoms with Crippen LogP contribution in [-0.4, -0.2) is 30.1 Å². The third-order valence-electron chi connectivity index (χ3n) is 6.64. The fourth-order valence-corrected chi connectivity index (χ4v) is 5.49. The minimum Gasteiger partial charge on any atom is -0.493 e. The van der Waals surface area contributed by atoms with E-state index >= 15 is 0 Å². The molecule has 0 unspecified atom stereocenters. The molecule has 1 heterocycles. The first kappa shape index (κ1) is 22.5. The number of ether oxygens (including phenoxy) is 2. The van der Waals surface area contributed by atoms with Crippen LogP contribution in [0.15, 0.2) is 76.3 Å². The third-order valence-corrected chi connectivity index (χ3v) is 7.23. The van der Waals surface area contributed by atoms with Gasteiger partial charge in [-0.15, -0.1) is 0 Å². The quantitative estimate of drug-likeness (QED) is 0.225. The highest BCUT2D eigenvalue weighted by molar-refractivity contribution is 9.10. The average molecular weight is 541 g/mol. The number of hydrogen-bond acceptors (Lipinski definition) is 5. The number of methoxy groups -OCH3 is 1. The number of benzene rings is 4. The Morgan fingerprint density at radius 1 is 0.917 bits per heavy atom. The molecule has 6 rings (SSSR count). The number of imide groups is 1. The molecule has 1 aliphatic heterocycles.